The van der Waals surface area contributed by atoms with Gasteiger partial charge in [0.1, 0.15) is 5.82 Å². The summed E-state index contributed by atoms with van der Waals surface area (Å²) in [7, 11) is 0. The Bertz CT molecular complexity index is 792. The number of Topliss-reactive ketones (excluding diaryl/α,β-unsaturated/α-hetero) is 1. The molecule has 0 fully saturated rings. The molecule has 1 atom stereocenters. The van der Waals surface area contributed by atoms with Crippen LogP contribution in [0.3, 0.4) is 0 Å². The molecule has 1 aliphatic rings. The van der Waals surface area contributed by atoms with E-state index in [4.69, 9.17) is 0 Å². The second-order valence-electron chi connectivity index (χ2n) is 5.76. The van der Waals surface area contributed by atoms with Crippen LogP contribution in [0, 0.1) is 19.7 Å². The second kappa shape index (κ2) is 5.09. The molecule has 5 heteroatoms. The molecule has 2 heterocycles. The van der Waals surface area contributed by atoms with E-state index in [-0.39, 0.29) is 17.5 Å². The van der Waals surface area contributed by atoms with Crippen molar-refractivity contribution in [2.45, 2.75) is 33.1 Å². The van der Waals surface area contributed by atoms with Crippen molar-refractivity contribution in [3.63, 3.8) is 0 Å². The Morgan fingerprint density at radius 1 is 1.32 bits per heavy atom. The smallest absolute Gasteiger partial charge is 0.232 e. The van der Waals surface area contributed by atoms with Crippen molar-refractivity contribution in [2.24, 2.45) is 0 Å². The van der Waals surface area contributed by atoms with Crippen LogP contribution in [-0.4, -0.2) is 16.7 Å². The molecule has 2 aromatic rings. The van der Waals surface area contributed by atoms with Crippen molar-refractivity contribution < 1.29 is 14.0 Å². The molecule has 0 spiro atoms. The van der Waals surface area contributed by atoms with E-state index < -0.39 is 5.92 Å². The number of aryl methyl sites for hydroxylation is 1. The van der Waals surface area contributed by atoms with E-state index in [1.807, 2.05) is 13.8 Å². The van der Waals surface area contributed by atoms with Gasteiger partial charge in [0.15, 0.2) is 5.78 Å². The lowest BCUT2D eigenvalue weighted by Gasteiger charge is -2.09. The number of aromatic amines is 1. The molecule has 114 valence electrons. The number of benzene rings is 1. The van der Waals surface area contributed by atoms with E-state index in [0.29, 0.717) is 23.2 Å². The fourth-order valence-electron chi connectivity index (χ4n) is 3.25. The molecule has 0 aliphatic carbocycles. The molecule has 1 aliphatic heterocycles. The number of H-pyrrole nitrogens is 1. The van der Waals surface area contributed by atoms with E-state index in [2.05, 4.69) is 10.3 Å². The summed E-state index contributed by atoms with van der Waals surface area (Å²) in [6.07, 6.45) is 0.419. The molecule has 22 heavy (non-hydrogen) atoms. The zero-order valence-corrected chi connectivity index (χ0v) is 12.7. The number of fused-ring (bicyclic) bond motifs is 1. The van der Waals surface area contributed by atoms with Crippen LogP contribution in [-0.2, 0) is 11.2 Å². The van der Waals surface area contributed by atoms with Crippen LogP contribution >= 0.6 is 0 Å². The molecule has 1 aromatic carbocycles. The first-order chi connectivity index (χ1) is 10.4. The van der Waals surface area contributed by atoms with Gasteiger partial charge in [-0.25, -0.2) is 4.39 Å². The Hall–Kier alpha value is -2.43. The first kappa shape index (κ1) is 14.5. The van der Waals surface area contributed by atoms with E-state index in [9.17, 15) is 14.0 Å². The first-order valence-electron chi connectivity index (χ1n) is 7.17. The molecule has 0 saturated heterocycles. The Balaban J connectivity index is 1.98. The molecule has 2 N–H and O–H groups in total. The average Bonchev–Trinajstić information content (AvgIpc) is 2.88. The molecular weight excluding hydrogens is 283 g/mol. The zero-order valence-electron chi connectivity index (χ0n) is 12.7. The number of carbonyl (C=O) groups excluding carboxylic acids is 2. The highest BCUT2D eigenvalue weighted by atomic mass is 19.1. The van der Waals surface area contributed by atoms with Gasteiger partial charge in [0.2, 0.25) is 5.91 Å². The number of ketones is 1. The third-order valence-electron chi connectivity index (χ3n) is 4.26. The summed E-state index contributed by atoms with van der Waals surface area (Å²) >= 11 is 0. The number of nitrogens with one attached hydrogen (secondary N) is 2. The van der Waals surface area contributed by atoms with Gasteiger partial charge in [0, 0.05) is 29.1 Å². The molecule has 1 unspecified atom stereocenters. The number of hydrogen-bond donors (Lipinski definition) is 2. The molecule has 0 radical (unpaired) electrons. The van der Waals surface area contributed by atoms with Crippen LogP contribution in [0.1, 0.15) is 45.7 Å². The lowest BCUT2D eigenvalue weighted by Crippen LogP contribution is -2.15. The SMILES string of the molecule is CC(=O)c1c(C)[nH]c(CC2C(=O)Nc3ccc(F)cc32)c1C. The highest BCUT2D eigenvalue weighted by molar-refractivity contribution is 6.03. The summed E-state index contributed by atoms with van der Waals surface area (Å²) in [6.45, 7) is 5.24. The minimum Gasteiger partial charge on any atom is -0.362 e. The Morgan fingerprint density at radius 2 is 2.05 bits per heavy atom. The summed E-state index contributed by atoms with van der Waals surface area (Å²) in [5.41, 5.74) is 4.51. The van der Waals surface area contributed by atoms with Crippen molar-refractivity contribution in [2.75, 3.05) is 5.32 Å². The maximum atomic E-state index is 13.5. The minimum absolute atomic E-state index is 0.000168. The largest absolute Gasteiger partial charge is 0.362 e. The number of hydrogen-bond acceptors (Lipinski definition) is 2. The predicted octanol–water partition coefficient (Wildman–Crippen LogP) is 3.25. The minimum atomic E-state index is -0.442. The van der Waals surface area contributed by atoms with Crippen LogP contribution in [0.15, 0.2) is 18.2 Å². The zero-order chi connectivity index (χ0) is 16.0. The van der Waals surface area contributed by atoms with Gasteiger partial charge in [0.05, 0.1) is 5.92 Å². The molecule has 0 saturated carbocycles. The van der Waals surface area contributed by atoms with Gasteiger partial charge in [-0.15, -0.1) is 0 Å². The average molecular weight is 300 g/mol. The fraction of sp³-hybridized carbons (Fsp3) is 0.294. The van der Waals surface area contributed by atoms with Crippen molar-refractivity contribution in [3.8, 4) is 0 Å². The van der Waals surface area contributed by atoms with E-state index in [1.54, 1.807) is 6.07 Å². The summed E-state index contributed by atoms with van der Waals surface area (Å²) < 4.78 is 13.5. The van der Waals surface area contributed by atoms with E-state index >= 15 is 0 Å². The Morgan fingerprint density at radius 3 is 2.68 bits per heavy atom. The van der Waals surface area contributed by atoms with Crippen molar-refractivity contribution in [1.82, 2.24) is 4.98 Å². The van der Waals surface area contributed by atoms with Crippen LogP contribution in [0.2, 0.25) is 0 Å². The van der Waals surface area contributed by atoms with E-state index in [0.717, 1.165) is 17.0 Å². The van der Waals surface area contributed by atoms with Crippen LogP contribution in [0.4, 0.5) is 10.1 Å². The number of halogens is 1. The Labute approximate surface area is 127 Å². The number of amides is 1. The highest BCUT2D eigenvalue weighted by Crippen LogP contribution is 2.36. The number of rotatable bonds is 3. The van der Waals surface area contributed by atoms with Crippen LogP contribution in [0.5, 0.6) is 0 Å². The monoisotopic (exact) mass is 300 g/mol. The number of anilines is 1. The molecule has 1 aromatic heterocycles. The lowest BCUT2D eigenvalue weighted by atomic mass is 9.93. The standard InChI is InChI=1S/C17H17FN2O2/c1-8-15(19-9(2)16(8)10(3)21)7-13-12-6-11(18)4-5-14(12)20-17(13)22/h4-6,13,19H,7H2,1-3H3,(H,20,22). The van der Waals surface area contributed by atoms with Gasteiger partial charge in [-0.2, -0.15) is 0 Å². The topological polar surface area (TPSA) is 62.0 Å². The summed E-state index contributed by atoms with van der Waals surface area (Å²) in [6, 6.07) is 4.31. The summed E-state index contributed by atoms with van der Waals surface area (Å²) in [5.74, 6) is -0.942. The quantitative estimate of drug-likeness (QED) is 0.855. The fourth-order valence-corrected chi connectivity index (χ4v) is 3.25. The van der Waals surface area contributed by atoms with Crippen LogP contribution in [0.25, 0.3) is 0 Å². The summed E-state index contributed by atoms with van der Waals surface area (Å²) in [4.78, 5) is 27.1. The number of aromatic nitrogens is 1. The van der Waals surface area contributed by atoms with E-state index in [1.165, 1.54) is 19.1 Å². The first-order valence-corrected chi connectivity index (χ1v) is 7.17. The Kier molecular flexibility index (Phi) is 3.35. The molecule has 3 rings (SSSR count). The highest BCUT2D eigenvalue weighted by Gasteiger charge is 2.32. The number of carbonyl (C=O) groups is 2. The van der Waals surface area contributed by atoms with Gasteiger partial charge in [-0.05, 0) is 50.1 Å². The third-order valence-corrected chi connectivity index (χ3v) is 4.26. The van der Waals surface area contributed by atoms with Crippen LogP contribution < -0.4 is 5.32 Å². The summed E-state index contributed by atoms with van der Waals surface area (Å²) in [5, 5.41) is 2.77. The van der Waals surface area contributed by atoms with Crippen molar-refractivity contribution in [1.29, 1.82) is 0 Å². The molecule has 0 bridgehead atoms. The van der Waals surface area contributed by atoms with Crippen molar-refractivity contribution in [3.05, 3.63) is 52.1 Å². The van der Waals surface area contributed by atoms with Gasteiger partial charge in [-0.3, -0.25) is 9.59 Å². The van der Waals surface area contributed by atoms with Gasteiger partial charge in [0.25, 0.3) is 0 Å². The molecular formula is C17H17FN2O2. The maximum absolute atomic E-state index is 13.5. The maximum Gasteiger partial charge on any atom is 0.232 e. The van der Waals surface area contributed by atoms with Gasteiger partial charge in [-0.1, -0.05) is 0 Å². The van der Waals surface area contributed by atoms with Crippen molar-refractivity contribution >= 4 is 17.4 Å². The normalized spacial score (nSPS) is 16.5. The third kappa shape index (κ3) is 2.22. The second-order valence-corrected chi connectivity index (χ2v) is 5.76. The lowest BCUT2D eigenvalue weighted by molar-refractivity contribution is -0.117. The molecule has 1 amide bonds. The predicted molar refractivity (Wildman–Crippen MR) is 81.7 cm³/mol. The van der Waals surface area contributed by atoms with Gasteiger partial charge < -0.3 is 10.3 Å². The molecule has 4 nitrogen and oxygen atoms in total. The van der Waals surface area contributed by atoms with Gasteiger partial charge >= 0.3 is 0 Å².